The molecular formula is C28H30N2O. The number of hydrogen-bond donors (Lipinski definition) is 0. The fraction of sp³-hybridized carbons (Fsp3) is 0.214. The molecular weight excluding hydrogens is 380 g/mol. The van der Waals surface area contributed by atoms with Crippen LogP contribution in [0.15, 0.2) is 84.9 Å². The lowest BCUT2D eigenvalue weighted by Gasteiger charge is -2.23. The normalized spacial score (nSPS) is 11.0. The summed E-state index contributed by atoms with van der Waals surface area (Å²) in [4.78, 5) is 4.26. The zero-order chi connectivity index (χ0) is 22.0. The molecule has 158 valence electrons. The van der Waals surface area contributed by atoms with Crippen molar-refractivity contribution in [3.63, 3.8) is 0 Å². The molecule has 0 fully saturated rings. The molecule has 0 bridgehead atoms. The van der Waals surface area contributed by atoms with E-state index in [2.05, 4.69) is 123 Å². The molecule has 0 amide bonds. The number of hydrogen-bond acceptors (Lipinski definition) is 3. The Hall–Kier alpha value is -3.46. The first-order valence-corrected chi connectivity index (χ1v) is 10.6. The van der Waals surface area contributed by atoms with E-state index in [0.29, 0.717) is 0 Å². The molecule has 3 heteroatoms. The summed E-state index contributed by atoms with van der Waals surface area (Å²) in [5.41, 5.74) is 6.23. The predicted molar refractivity (Wildman–Crippen MR) is 133 cm³/mol. The molecule has 0 heterocycles. The van der Waals surface area contributed by atoms with Crippen LogP contribution >= 0.6 is 0 Å². The van der Waals surface area contributed by atoms with Crippen molar-refractivity contribution in [2.45, 2.75) is 5.92 Å². The van der Waals surface area contributed by atoms with Crippen LogP contribution in [-0.4, -0.2) is 35.3 Å². The van der Waals surface area contributed by atoms with E-state index in [-0.39, 0.29) is 5.92 Å². The van der Waals surface area contributed by atoms with Gasteiger partial charge in [-0.05, 0) is 52.4 Å². The van der Waals surface area contributed by atoms with E-state index in [9.17, 15) is 0 Å². The van der Waals surface area contributed by atoms with E-state index >= 15 is 0 Å². The fourth-order valence-electron chi connectivity index (χ4n) is 4.21. The molecule has 31 heavy (non-hydrogen) atoms. The summed E-state index contributed by atoms with van der Waals surface area (Å²) in [7, 11) is 10.0. The molecule has 4 aromatic rings. The molecule has 0 aliphatic carbocycles. The van der Waals surface area contributed by atoms with Gasteiger partial charge in [0.15, 0.2) is 0 Å². The Balaban J connectivity index is 1.92. The second-order valence-corrected chi connectivity index (χ2v) is 8.31. The zero-order valence-electron chi connectivity index (χ0n) is 19.0. The van der Waals surface area contributed by atoms with Crippen LogP contribution in [0.3, 0.4) is 0 Å². The van der Waals surface area contributed by atoms with Gasteiger partial charge < -0.3 is 14.5 Å². The van der Waals surface area contributed by atoms with Crippen molar-refractivity contribution < 1.29 is 4.74 Å². The third-order valence-electron chi connectivity index (χ3n) is 5.93. The lowest BCUT2D eigenvalue weighted by molar-refractivity contribution is 0.419. The first kappa shape index (κ1) is 20.8. The van der Waals surface area contributed by atoms with Crippen molar-refractivity contribution in [1.82, 2.24) is 0 Å². The van der Waals surface area contributed by atoms with E-state index in [1.807, 2.05) is 0 Å². The van der Waals surface area contributed by atoms with Crippen LogP contribution in [0, 0.1) is 0 Å². The molecule has 0 aliphatic rings. The molecule has 0 atom stereocenters. The summed E-state index contributed by atoms with van der Waals surface area (Å²) in [6.07, 6.45) is 0. The minimum atomic E-state index is 0.128. The molecule has 0 aliphatic heterocycles. The number of ether oxygens (including phenoxy) is 1. The lowest BCUT2D eigenvalue weighted by atomic mass is 9.82. The van der Waals surface area contributed by atoms with Crippen LogP contribution in [0.5, 0.6) is 5.75 Å². The van der Waals surface area contributed by atoms with Gasteiger partial charge in [0.1, 0.15) is 5.75 Å². The molecule has 3 nitrogen and oxygen atoms in total. The van der Waals surface area contributed by atoms with Gasteiger partial charge in [0.2, 0.25) is 0 Å². The van der Waals surface area contributed by atoms with Gasteiger partial charge in [-0.2, -0.15) is 0 Å². The van der Waals surface area contributed by atoms with E-state index in [0.717, 1.165) is 11.1 Å². The van der Waals surface area contributed by atoms with Crippen molar-refractivity contribution in [1.29, 1.82) is 0 Å². The number of anilines is 2. The number of rotatable bonds is 6. The minimum absolute atomic E-state index is 0.128. The summed E-state index contributed by atoms with van der Waals surface area (Å²) in [6.45, 7) is 0. The first-order chi connectivity index (χ1) is 15.0. The van der Waals surface area contributed by atoms with Crippen LogP contribution in [0.1, 0.15) is 22.6 Å². The first-order valence-electron chi connectivity index (χ1n) is 10.6. The van der Waals surface area contributed by atoms with Crippen molar-refractivity contribution in [2.24, 2.45) is 0 Å². The monoisotopic (exact) mass is 410 g/mol. The summed E-state index contributed by atoms with van der Waals surface area (Å²) in [5.74, 6) is 1.03. The van der Waals surface area contributed by atoms with Crippen LogP contribution in [0.4, 0.5) is 11.4 Å². The van der Waals surface area contributed by atoms with Gasteiger partial charge in [-0.1, -0.05) is 54.6 Å². The van der Waals surface area contributed by atoms with Gasteiger partial charge in [0, 0.05) is 50.9 Å². The maximum atomic E-state index is 5.65. The van der Waals surface area contributed by atoms with Gasteiger partial charge in [-0.15, -0.1) is 0 Å². The molecule has 0 saturated carbocycles. The lowest BCUT2D eigenvalue weighted by Crippen LogP contribution is -2.10. The van der Waals surface area contributed by atoms with Crippen molar-refractivity contribution in [3.8, 4) is 5.75 Å². The van der Waals surface area contributed by atoms with Gasteiger partial charge >= 0.3 is 0 Å². The molecule has 0 spiro atoms. The van der Waals surface area contributed by atoms with Gasteiger partial charge in [-0.25, -0.2) is 0 Å². The quantitative estimate of drug-likeness (QED) is 0.354. The van der Waals surface area contributed by atoms with Crippen molar-refractivity contribution >= 4 is 22.1 Å². The SMILES string of the molecule is COc1ccc(C(c2ccc(N(C)C)cc2)c2ccc(N(C)C)cc2)c2ccccc12. The third kappa shape index (κ3) is 4.09. The smallest absolute Gasteiger partial charge is 0.126 e. The molecule has 4 aromatic carbocycles. The largest absolute Gasteiger partial charge is 0.496 e. The standard InChI is InChI=1S/C28H30N2O/c1-29(2)22-14-10-20(11-15-22)28(21-12-16-23(17-13-21)30(3)4)26-18-19-27(31-5)25-9-7-6-8-24(25)26/h6-19,28H,1-5H3. The highest BCUT2D eigenvalue weighted by Gasteiger charge is 2.20. The van der Waals surface area contributed by atoms with Crippen LogP contribution in [0.2, 0.25) is 0 Å². The van der Waals surface area contributed by atoms with Crippen LogP contribution in [0.25, 0.3) is 10.8 Å². The Labute approximate surface area is 185 Å². The Kier molecular flexibility index (Phi) is 5.85. The minimum Gasteiger partial charge on any atom is -0.496 e. The molecule has 4 rings (SSSR count). The predicted octanol–water partition coefficient (Wildman–Crippen LogP) is 6.16. The Bertz CT molecular complexity index is 1110. The van der Waals surface area contributed by atoms with Gasteiger partial charge in [-0.3, -0.25) is 0 Å². The zero-order valence-corrected chi connectivity index (χ0v) is 19.0. The topological polar surface area (TPSA) is 15.7 Å². The average Bonchev–Trinajstić information content (AvgIpc) is 2.80. The number of nitrogens with zero attached hydrogens (tertiary/aromatic N) is 2. The number of benzene rings is 4. The fourth-order valence-corrected chi connectivity index (χ4v) is 4.21. The van der Waals surface area contributed by atoms with E-state index in [1.165, 1.54) is 33.5 Å². The van der Waals surface area contributed by atoms with Crippen LogP contribution < -0.4 is 14.5 Å². The third-order valence-corrected chi connectivity index (χ3v) is 5.93. The highest BCUT2D eigenvalue weighted by Crippen LogP contribution is 2.39. The van der Waals surface area contributed by atoms with E-state index in [4.69, 9.17) is 4.74 Å². The number of methoxy groups -OCH3 is 1. The van der Waals surface area contributed by atoms with Gasteiger partial charge in [0.25, 0.3) is 0 Å². The Morgan fingerprint density at radius 3 is 1.52 bits per heavy atom. The molecule has 0 aromatic heterocycles. The summed E-state index contributed by atoms with van der Waals surface area (Å²) < 4.78 is 5.65. The Morgan fingerprint density at radius 2 is 1.06 bits per heavy atom. The molecule has 0 N–H and O–H groups in total. The molecule has 0 unspecified atom stereocenters. The summed E-state index contributed by atoms with van der Waals surface area (Å²) in [5, 5.41) is 2.36. The second-order valence-electron chi connectivity index (χ2n) is 8.31. The van der Waals surface area contributed by atoms with Crippen LogP contribution in [-0.2, 0) is 0 Å². The maximum Gasteiger partial charge on any atom is 0.126 e. The second kappa shape index (κ2) is 8.73. The highest BCUT2D eigenvalue weighted by atomic mass is 16.5. The number of fused-ring (bicyclic) bond motifs is 1. The summed E-state index contributed by atoms with van der Waals surface area (Å²) >= 11 is 0. The van der Waals surface area contributed by atoms with Crippen molar-refractivity contribution in [3.05, 3.63) is 102 Å². The summed E-state index contributed by atoms with van der Waals surface area (Å²) in [6, 6.07) is 30.6. The van der Waals surface area contributed by atoms with E-state index in [1.54, 1.807) is 7.11 Å². The molecule has 0 saturated heterocycles. The molecule has 0 radical (unpaired) electrons. The average molecular weight is 411 g/mol. The van der Waals surface area contributed by atoms with Gasteiger partial charge in [0.05, 0.1) is 7.11 Å². The Morgan fingerprint density at radius 1 is 0.581 bits per heavy atom. The van der Waals surface area contributed by atoms with Crippen molar-refractivity contribution in [2.75, 3.05) is 45.1 Å². The maximum absolute atomic E-state index is 5.65. The highest BCUT2D eigenvalue weighted by molar-refractivity contribution is 5.92. The van der Waals surface area contributed by atoms with E-state index < -0.39 is 0 Å².